The number of rotatable bonds is 5. The van der Waals surface area contributed by atoms with Crippen LogP contribution in [0.3, 0.4) is 0 Å². The Hall–Kier alpha value is -1.75. The summed E-state index contributed by atoms with van der Waals surface area (Å²) in [5, 5.41) is 14.6. The second-order valence-corrected chi connectivity index (χ2v) is 5.22. The van der Waals surface area contributed by atoms with Gasteiger partial charge in [0, 0.05) is 18.1 Å². The number of amides is 2. The van der Waals surface area contributed by atoms with Crippen molar-refractivity contribution in [1.82, 2.24) is 10.6 Å². The molecule has 0 atom stereocenters. The maximum Gasteiger partial charge on any atom is 0.315 e. The zero-order chi connectivity index (χ0) is 14.5. The third-order valence-electron chi connectivity index (χ3n) is 2.67. The number of carbonyl (C=O) groups excluding carboxylic acids is 1. The maximum absolute atomic E-state index is 11.5. The Bertz CT molecular complexity index is 475. The van der Waals surface area contributed by atoms with E-state index in [1.54, 1.807) is 26.0 Å². The highest BCUT2D eigenvalue weighted by Crippen LogP contribution is 2.14. The molecule has 0 aliphatic heterocycles. The van der Waals surface area contributed by atoms with Crippen LogP contribution >= 0.6 is 11.6 Å². The van der Waals surface area contributed by atoms with Gasteiger partial charge in [0.25, 0.3) is 0 Å². The lowest BCUT2D eigenvalue weighted by atomic mass is 9.94. The minimum atomic E-state index is -0.998. The number of urea groups is 1. The van der Waals surface area contributed by atoms with Gasteiger partial charge in [-0.1, -0.05) is 29.8 Å². The minimum Gasteiger partial charge on any atom is -0.481 e. The van der Waals surface area contributed by atoms with E-state index in [4.69, 9.17) is 16.7 Å². The van der Waals surface area contributed by atoms with E-state index in [1.807, 2.05) is 12.1 Å². The van der Waals surface area contributed by atoms with Gasteiger partial charge in [-0.2, -0.15) is 0 Å². The predicted octanol–water partition coefficient (Wildman–Crippen LogP) is 2.25. The molecule has 0 aliphatic carbocycles. The molecule has 0 aromatic heterocycles. The van der Waals surface area contributed by atoms with Crippen LogP contribution in [0.4, 0.5) is 4.79 Å². The molecule has 5 nitrogen and oxygen atoms in total. The fourth-order valence-corrected chi connectivity index (χ4v) is 1.46. The smallest absolute Gasteiger partial charge is 0.315 e. The largest absolute Gasteiger partial charge is 0.481 e. The van der Waals surface area contributed by atoms with E-state index in [0.717, 1.165) is 5.56 Å². The number of aliphatic carboxylic acids is 1. The van der Waals surface area contributed by atoms with E-state index in [9.17, 15) is 9.59 Å². The summed E-state index contributed by atoms with van der Waals surface area (Å²) in [5.74, 6) is -0.959. The first-order valence-electron chi connectivity index (χ1n) is 5.81. The summed E-state index contributed by atoms with van der Waals surface area (Å²) in [4.78, 5) is 22.4. The number of hydrogen-bond acceptors (Lipinski definition) is 2. The van der Waals surface area contributed by atoms with Crippen LogP contribution in [0.2, 0.25) is 5.02 Å². The van der Waals surface area contributed by atoms with E-state index in [-0.39, 0.29) is 6.54 Å². The molecule has 0 saturated heterocycles. The number of benzene rings is 1. The predicted molar refractivity (Wildman–Crippen MR) is 73.1 cm³/mol. The molecule has 1 rings (SSSR count). The van der Waals surface area contributed by atoms with Crippen LogP contribution in [0.5, 0.6) is 0 Å². The normalized spacial score (nSPS) is 10.9. The number of carboxylic acids is 1. The lowest BCUT2D eigenvalue weighted by molar-refractivity contribution is -0.146. The molecule has 1 aromatic carbocycles. The maximum atomic E-state index is 11.5. The van der Waals surface area contributed by atoms with Gasteiger partial charge in [0.05, 0.1) is 5.41 Å². The first-order valence-corrected chi connectivity index (χ1v) is 6.19. The lowest BCUT2D eigenvalue weighted by Crippen LogP contribution is -2.43. The number of hydrogen-bond donors (Lipinski definition) is 3. The molecule has 104 valence electrons. The Labute approximate surface area is 117 Å². The second kappa shape index (κ2) is 6.43. The number of nitrogens with one attached hydrogen (secondary N) is 2. The first-order chi connectivity index (χ1) is 8.83. The summed E-state index contributed by atoms with van der Waals surface area (Å²) in [6.07, 6.45) is 0. The molecule has 0 bridgehead atoms. The van der Waals surface area contributed by atoms with E-state index in [2.05, 4.69) is 10.6 Å². The highest BCUT2D eigenvalue weighted by molar-refractivity contribution is 6.31. The van der Waals surface area contributed by atoms with E-state index >= 15 is 0 Å². The molecule has 19 heavy (non-hydrogen) atoms. The molecule has 6 heteroatoms. The van der Waals surface area contributed by atoms with Crippen LogP contribution in [0.15, 0.2) is 24.3 Å². The molecular weight excluding hydrogens is 268 g/mol. The van der Waals surface area contributed by atoms with Crippen LogP contribution in [0.1, 0.15) is 19.4 Å². The first kappa shape index (κ1) is 15.3. The minimum absolute atomic E-state index is 0.0523. The number of halogens is 1. The highest BCUT2D eigenvalue weighted by atomic mass is 35.5. The highest BCUT2D eigenvalue weighted by Gasteiger charge is 2.27. The molecule has 0 fully saturated rings. The molecule has 3 N–H and O–H groups in total. The summed E-state index contributed by atoms with van der Waals surface area (Å²) in [7, 11) is 0. The summed E-state index contributed by atoms with van der Waals surface area (Å²) in [5.41, 5.74) is -0.196. The number of carbonyl (C=O) groups is 2. The van der Waals surface area contributed by atoms with Crippen molar-refractivity contribution in [3.8, 4) is 0 Å². The summed E-state index contributed by atoms with van der Waals surface area (Å²) in [6, 6.07) is 6.76. The van der Waals surface area contributed by atoms with Crippen molar-refractivity contribution in [1.29, 1.82) is 0 Å². The van der Waals surface area contributed by atoms with Crippen LogP contribution in [0, 0.1) is 5.41 Å². The average molecular weight is 285 g/mol. The Morgan fingerprint density at radius 1 is 1.26 bits per heavy atom. The molecule has 0 saturated carbocycles. The van der Waals surface area contributed by atoms with Crippen molar-refractivity contribution in [2.45, 2.75) is 20.4 Å². The van der Waals surface area contributed by atoms with Gasteiger partial charge in [-0.3, -0.25) is 4.79 Å². The molecular formula is C13H17ClN2O3. The molecule has 0 radical (unpaired) electrons. The zero-order valence-electron chi connectivity index (χ0n) is 10.9. The quantitative estimate of drug-likeness (QED) is 0.776. The van der Waals surface area contributed by atoms with Gasteiger partial charge in [-0.05, 0) is 25.5 Å². The van der Waals surface area contributed by atoms with Gasteiger partial charge in [0.15, 0.2) is 0 Å². The van der Waals surface area contributed by atoms with Crippen LogP contribution in [-0.4, -0.2) is 23.7 Å². The molecule has 0 heterocycles. The van der Waals surface area contributed by atoms with Crippen molar-refractivity contribution in [2.24, 2.45) is 5.41 Å². The van der Waals surface area contributed by atoms with Crippen LogP contribution in [0.25, 0.3) is 0 Å². The molecule has 0 unspecified atom stereocenters. The van der Waals surface area contributed by atoms with Crippen molar-refractivity contribution in [3.63, 3.8) is 0 Å². The monoisotopic (exact) mass is 284 g/mol. The van der Waals surface area contributed by atoms with Gasteiger partial charge < -0.3 is 15.7 Å². The van der Waals surface area contributed by atoms with Crippen molar-refractivity contribution in [2.75, 3.05) is 6.54 Å². The molecule has 0 aliphatic rings. The van der Waals surface area contributed by atoms with E-state index in [1.165, 1.54) is 0 Å². The third kappa shape index (κ3) is 4.79. The summed E-state index contributed by atoms with van der Waals surface area (Å²) >= 11 is 5.95. The third-order valence-corrected chi connectivity index (χ3v) is 3.04. The van der Waals surface area contributed by atoms with Crippen LogP contribution in [-0.2, 0) is 11.3 Å². The van der Waals surface area contributed by atoms with Crippen LogP contribution < -0.4 is 10.6 Å². The Morgan fingerprint density at radius 2 is 1.89 bits per heavy atom. The second-order valence-electron chi connectivity index (χ2n) is 4.82. The molecule has 0 spiro atoms. The van der Waals surface area contributed by atoms with Gasteiger partial charge in [0.2, 0.25) is 0 Å². The summed E-state index contributed by atoms with van der Waals surface area (Å²) in [6.45, 7) is 3.43. The van der Waals surface area contributed by atoms with Gasteiger partial charge >= 0.3 is 12.0 Å². The van der Waals surface area contributed by atoms with E-state index in [0.29, 0.717) is 11.6 Å². The number of carboxylic acid groups (broad SMARTS) is 1. The Balaban J connectivity index is 2.41. The standard InChI is InChI=1S/C13H17ClN2O3/c1-13(2,11(17)18)8-16-12(19)15-7-9-5-3-4-6-10(9)14/h3-6H,7-8H2,1-2H3,(H,17,18)(H2,15,16,19). The lowest BCUT2D eigenvalue weighted by Gasteiger charge is -2.19. The van der Waals surface area contributed by atoms with Gasteiger partial charge in [-0.15, -0.1) is 0 Å². The van der Waals surface area contributed by atoms with Gasteiger partial charge in [-0.25, -0.2) is 4.79 Å². The average Bonchev–Trinajstić information content (AvgIpc) is 2.35. The van der Waals surface area contributed by atoms with Gasteiger partial charge in [0.1, 0.15) is 0 Å². The fourth-order valence-electron chi connectivity index (χ4n) is 1.26. The SMILES string of the molecule is CC(C)(CNC(=O)NCc1ccccc1Cl)C(=O)O. The van der Waals surface area contributed by atoms with Crippen molar-refractivity contribution >= 4 is 23.6 Å². The zero-order valence-corrected chi connectivity index (χ0v) is 11.6. The Morgan fingerprint density at radius 3 is 2.47 bits per heavy atom. The Kier molecular flexibility index (Phi) is 5.18. The topological polar surface area (TPSA) is 78.4 Å². The van der Waals surface area contributed by atoms with Crippen molar-refractivity contribution in [3.05, 3.63) is 34.9 Å². The fraction of sp³-hybridized carbons (Fsp3) is 0.385. The van der Waals surface area contributed by atoms with Crippen molar-refractivity contribution < 1.29 is 14.7 Å². The van der Waals surface area contributed by atoms with E-state index < -0.39 is 17.4 Å². The summed E-state index contributed by atoms with van der Waals surface area (Å²) < 4.78 is 0. The molecule has 2 amide bonds. The molecule has 1 aromatic rings.